The molecule has 3 saturated heterocycles. The van der Waals surface area contributed by atoms with E-state index in [0.29, 0.717) is 50.3 Å². The van der Waals surface area contributed by atoms with Gasteiger partial charge in [-0.3, -0.25) is 9.69 Å². The molecular formula is C33H39F7N4O2. The molecule has 1 unspecified atom stereocenters. The zero-order valence-electron chi connectivity index (χ0n) is 26.3. The fraction of sp³-hybridized carbons (Fsp3) is 0.576. The van der Waals surface area contributed by atoms with Crippen molar-refractivity contribution in [2.45, 2.75) is 70.5 Å². The lowest BCUT2D eigenvalue weighted by atomic mass is 9.78. The zero-order valence-corrected chi connectivity index (χ0v) is 26.3. The van der Waals surface area contributed by atoms with E-state index in [4.69, 9.17) is 0 Å². The molecule has 0 saturated carbocycles. The third kappa shape index (κ3) is 6.84. The summed E-state index contributed by atoms with van der Waals surface area (Å²) in [6.07, 6.45) is -7.69. The van der Waals surface area contributed by atoms with Crippen molar-refractivity contribution in [1.29, 1.82) is 0 Å². The Morgan fingerprint density at radius 2 is 1.50 bits per heavy atom. The largest absolute Gasteiger partial charge is 0.416 e. The fourth-order valence-electron chi connectivity index (χ4n) is 7.51. The Morgan fingerprint density at radius 3 is 2.04 bits per heavy atom. The topological polar surface area (TPSA) is 47.1 Å². The first kappa shape index (κ1) is 34.0. The number of rotatable bonds is 4. The number of nitrogens with zero attached hydrogens (tertiary/aromatic N) is 4. The van der Waals surface area contributed by atoms with Gasteiger partial charge in [0.15, 0.2) is 0 Å². The Bertz CT molecular complexity index is 1420. The van der Waals surface area contributed by atoms with Gasteiger partial charge < -0.3 is 14.7 Å². The maximum absolute atomic E-state index is 14.2. The van der Waals surface area contributed by atoms with Gasteiger partial charge in [0.05, 0.1) is 23.2 Å². The molecule has 0 N–H and O–H groups in total. The van der Waals surface area contributed by atoms with Crippen LogP contribution in [0.4, 0.5) is 35.5 Å². The van der Waals surface area contributed by atoms with Crippen molar-refractivity contribution in [1.82, 2.24) is 19.6 Å². The molecular weight excluding hydrogens is 617 g/mol. The molecule has 2 aromatic rings. The first-order chi connectivity index (χ1) is 21.5. The quantitative estimate of drug-likeness (QED) is 0.325. The van der Waals surface area contributed by atoms with Crippen molar-refractivity contribution in [3.63, 3.8) is 0 Å². The number of carbonyl (C=O) groups is 2. The Hall–Kier alpha value is -3.35. The van der Waals surface area contributed by atoms with Gasteiger partial charge in [-0.25, -0.2) is 9.18 Å². The van der Waals surface area contributed by atoms with Crippen LogP contribution in [0.3, 0.4) is 0 Å². The molecule has 0 spiro atoms. The minimum Gasteiger partial charge on any atom is -0.343 e. The van der Waals surface area contributed by atoms with Gasteiger partial charge >= 0.3 is 18.4 Å². The van der Waals surface area contributed by atoms with Crippen molar-refractivity contribution >= 4 is 11.9 Å². The molecule has 0 radical (unpaired) electrons. The van der Waals surface area contributed by atoms with Crippen molar-refractivity contribution in [2.75, 3.05) is 39.8 Å². The van der Waals surface area contributed by atoms with Gasteiger partial charge in [0, 0.05) is 58.7 Å². The van der Waals surface area contributed by atoms with Gasteiger partial charge in [-0.1, -0.05) is 6.07 Å². The summed E-state index contributed by atoms with van der Waals surface area (Å²) >= 11 is 0. The number of benzene rings is 2. The number of likely N-dealkylation sites (tertiary alicyclic amines) is 3. The first-order valence-corrected chi connectivity index (χ1v) is 15.5. The number of urea groups is 1. The van der Waals surface area contributed by atoms with Crippen molar-refractivity contribution < 1.29 is 40.3 Å². The number of fused-ring (bicyclic) bond motifs is 1. The van der Waals surface area contributed by atoms with Crippen LogP contribution >= 0.6 is 0 Å². The van der Waals surface area contributed by atoms with E-state index in [1.165, 1.54) is 31.0 Å². The molecule has 0 aromatic heterocycles. The first-order valence-electron chi connectivity index (χ1n) is 15.5. The average Bonchev–Trinajstić information content (AvgIpc) is 3.43. The Labute approximate surface area is 264 Å². The maximum atomic E-state index is 14.2. The molecule has 13 heteroatoms. The molecule has 2 aromatic carbocycles. The van der Waals surface area contributed by atoms with Crippen molar-refractivity contribution in [3.05, 3.63) is 70.0 Å². The Kier molecular flexibility index (Phi) is 9.38. The minimum absolute atomic E-state index is 0.0261. The molecule has 5 rings (SSSR count). The minimum atomic E-state index is -5.01. The number of halogens is 7. The molecule has 3 amide bonds. The van der Waals surface area contributed by atoms with E-state index in [9.17, 15) is 40.3 Å². The summed E-state index contributed by atoms with van der Waals surface area (Å²) in [5.74, 6) is -0.174. The molecule has 0 aliphatic carbocycles. The average molecular weight is 657 g/mol. The van der Waals surface area contributed by atoms with Gasteiger partial charge in [-0.15, -0.1) is 0 Å². The predicted octanol–water partition coefficient (Wildman–Crippen LogP) is 7.29. The van der Waals surface area contributed by atoms with Crippen LogP contribution in [-0.2, 0) is 17.1 Å². The summed E-state index contributed by atoms with van der Waals surface area (Å²) in [5, 5.41) is 0. The Morgan fingerprint density at radius 1 is 0.891 bits per heavy atom. The number of hydrogen-bond donors (Lipinski definition) is 0. The van der Waals surface area contributed by atoms with Gasteiger partial charge in [0.1, 0.15) is 5.82 Å². The summed E-state index contributed by atoms with van der Waals surface area (Å²) in [5.41, 5.74) is -1.75. The normalized spacial score (nSPS) is 23.8. The van der Waals surface area contributed by atoms with Crippen LogP contribution in [0.15, 0.2) is 36.4 Å². The number of hydrogen-bond acceptors (Lipinski definition) is 3. The van der Waals surface area contributed by atoms with E-state index >= 15 is 0 Å². The predicted molar refractivity (Wildman–Crippen MR) is 157 cm³/mol. The highest BCUT2D eigenvalue weighted by molar-refractivity contribution is 5.76. The second kappa shape index (κ2) is 12.7. The van der Waals surface area contributed by atoms with Crippen LogP contribution in [0.1, 0.15) is 73.0 Å². The van der Waals surface area contributed by atoms with Gasteiger partial charge in [0.25, 0.3) is 0 Å². The maximum Gasteiger partial charge on any atom is 0.416 e. The van der Waals surface area contributed by atoms with Crippen LogP contribution in [0.2, 0.25) is 0 Å². The highest BCUT2D eigenvalue weighted by atomic mass is 19.4. The smallest absolute Gasteiger partial charge is 0.343 e. The second-order valence-electron chi connectivity index (χ2n) is 13.0. The van der Waals surface area contributed by atoms with Crippen LogP contribution in [0.25, 0.3) is 0 Å². The Balaban J connectivity index is 1.44. The van der Waals surface area contributed by atoms with Crippen LogP contribution in [-0.4, -0.2) is 77.4 Å². The number of piperidine rings is 2. The highest BCUT2D eigenvalue weighted by Crippen LogP contribution is 2.47. The lowest BCUT2D eigenvalue weighted by Crippen LogP contribution is -2.51. The standard InChI is InChI=1S/C33H39F7N4O2/c1-19-13-26(34)5-6-28(19)30-29-18-43(27-8-10-42(11-9-27)21(3)45)17-22(29)7-12-44(30)31(46)41(4)20(2)23-14-24(32(35,36)37)16-25(15-23)33(38,39)40/h5-6,13-16,20,22,27,29-30H,7-12,17-18H2,1-4H3/t20-,22-,29?,30+/m1/s1. The summed E-state index contributed by atoms with van der Waals surface area (Å²) in [6.45, 7) is 7.88. The van der Waals surface area contributed by atoms with Crippen molar-refractivity contribution in [2.24, 2.45) is 11.8 Å². The third-order valence-electron chi connectivity index (χ3n) is 10.2. The molecule has 3 heterocycles. The van der Waals surface area contributed by atoms with E-state index < -0.39 is 47.4 Å². The lowest BCUT2D eigenvalue weighted by molar-refractivity contribution is -0.143. The highest BCUT2D eigenvalue weighted by Gasteiger charge is 2.48. The molecule has 252 valence electrons. The number of alkyl halides is 6. The molecule has 46 heavy (non-hydrogen) atoms. The summed E-state index contributed by atoms with van der Waals surface area (Å²) in [6, 6.07) is 3.94. The summed E-state index contributed by atoms with van der Waals surface area (Å²) in [4.78, 5) is 33.1. The molecule has 3 aliphatic heterocycles. The van der Waals surface area contributed by atoms with E-state index in [2.05, 4.69) is 4.90 Å². The van der Waals surface area contributed by atoms with E-state index in [0.717, 1.165) is 24.9 Å². The van der Waals surface area contributed by atoms with E-state index in [1.807, 2.05) is 4.90 Å². The summed E-state index contributed by atoms with van der Waals surface area (Å²) in [7, 11) is 1.38. The summed E-state index contributed by atoms with van der Waals surface area (Å²) < 4.78 is 95.8. The number of amides is 3. The molecule has 0 bridgehead atoms. The lowest BCUT2D eigenvalue weighted by Gasteiger charge is -2.45. The fourth-order valence-corrected chi connectivity index (χ4v) is 7.51. The van der Waals surface area contributed by atoms with Crippen LogP contribution < -0.4 is 0 Å². The van der Waals surface area contributed by atoms with E-state index in [-0.39, 0.29) is 35.4 Å². The molecule has 3 fully saturated rings. The van der Waals surface area contributed by atoms with E-state index in [1.54, 1.807) is 24.8 Å². The van der Waals surface area contributed by atoms with Gasteiger partial charge in [-0.05, 0) is 86.1 Å². The zero-order chi connectivity index (χ0) is 33.7. The SMILES string of the molecule is CC(=O)N1CCC(N2CC3[C@H](CCN(C(=O)N(C)[C@H](C)c4cc(C(F)(F)F)cc(C(F)(F)F)c4)[C@H]3c3ccc(F)cc3C)C2)CC1. The van der Waals surface area contributed by atoms with Gasteiger partial charge in [-0.2, -0.15) is 26.3 Å². The number of carbonyl (C=O) groups excluding carboxylic acids is 2. The second-order valence-corrected chi connectivity index (χ2v) is 13.0. The third-order valence-corrected chi connectivity index (χ3v) is 10.2. The molecule has 6 nitrogen and oxygen atoms in total. The van der Waals surface area contributed by atoms with Gasteiger partial charge in [0.2, 0.25) is 5.91 Å². The monoisotopic (exact) mass is 656 g/mol. The number of aryl methyl sites for hydroxylation is 1. The van der Waals surface area contributed by atoms with Crippen LogP contribution in [0.5, 0.6) is 0 Å². The van der Waals surface area contributed by atoms with Crippen molar-refractivity contribution in [3.8, 4) is 0 Å². The molecule has 3 aliphatic rings. The van der Waals surface area contributed by atoms with Crippen LogP contribution in [0, 0.1) is 24.6 Å². The molecule has 4 atom stereocenters.